The molecule has 2 rings (SSSR count). The Morgan fingerprint density at radius 1 is 1.35 bits per heavy atom. The van der Waals surface area contributed by atoms with Crippen molar-refractivity contribution in [3.8, 4) is 0 Å². The lowest BCUT2D eigenvalue weighted by molar-refractivity contribution is -0.150. The fourth-order valence-corrected chi connectivity index (χ4v) is 2.56. The molecule has 0 aliphatic carbocycles. The van der Waals surface area contributed by atoms with E-state index < -0.39 is 5.54 Å². The van der Waals surface area contributed by atoms with Gasteiger partial charge in [-0.25, -0.2) is 0 Å². The first kappa shape index (κ1) is 15.0. The molecular formula is C16H24N2O2. The van der Waals surface area contributed by atoms with Crippen molar-refractivity contribution < 1.29 is 9.53 Å². The molecule has 1 aliphatic heterocycles. The number of hydrogen-bond donors (Lipinski definition) is 1. The van der Waals surface area contributed by atoms with Crippen LogP contribution in [0.25, 0.3) is 0 Å². The second-order valence-electron chi connectivity index (χ2n) is 5.53. The third-order valence-corrected chi connectivity index (χ3v) is 4.11. The highest BCUT2D eigenvalue weighted by Crippen LogP contribution is 2.23. The number of nitrogens with zero attached hydrogens (tertiary/aromatic N) is 1. The van der Waals surface area contributed by atoms with E-state index in [4.69, 9.17) is 4.74 Å². The Morgan fingerprint density at radius 2 is 1.95 bits per heavy atom. The molecule has 1 aromatic carbocycles. The smallest absolute Gasteiger partial charge is 0.326 e. The molecule has 0 fully saturated rings. The van der Waals surface area contributed by atoms with Gasteiger partial charge in [0.25, 0.3) is 0 Å². The average molecular weight is 276 g/mol. The number of rotatable bonds is 6. The van der Waals surface area contributed by atoms with E-state index in [0.29, 0.717) is 6.61 Å². The van der Waals surface area contributed by atoms with Crippen LogP contribution in [0.4, 0.5) is 0 Å². The van der Waals surface area contributed by atoms with Crippen LogP contribution in [0.5, 0.6) is 0 Å². The number of nitrogens with one attached hydrogen (secondary N) is 1. The zero-order chi connectivity index (χ0) is 14.6. The number of benzene rings is 1. The molecule has 1 unspecified atom stereocenters. The lowest BCUT2D eigenvalue weighted by atomic mass is 9.98. The third kappa shape index (κ3) is 3.19. The topological polar surface area (TPSA) is 41.6 Å². The Bertz CT molecular complexity index is 450. The molecule has 0 radical (unpaired) electrons. The molecule has 0 saturated heterocycles. The lowest BCUT2D eigenvalue weighted by Crippen LogP contribution is -2.50. The van der Waals surface area contributed by atoms with E-state index in [1.807, 2.05) is 20.9 Å². The minimum absolute atomic E-state index is 0.167. The molecule has 1 heterocycles. The number of hydrogen-bond acceptors (Lipinski definition) is 4. The van der Waals surface area contributed by atoms with Gasteiger partial charge in [-0.3, -0.25) is 9.69 Å². The summed E-state index contributed by atoms with van der Waals surface area (Å²) in [6.07, 6.45) is 0.746. The Hall–Kier alpha value is -1.39. The van der Waals surface area contributed by atoms with Crippen molar-refractivity contribution in [3.05, 3.63) is 35.4 Å². The number of carbonyl (C=O) groups excluding carboxylic acids is 1. The van der Waals surface area contributed by atoms with Gasteiger partial charge in [-0.2, -0.15) is 0 Å². The molecule has 1 atom stereocenters. The number of fused-ring (bicyclic) bond motifs is 1. The van der Waals surface area contributed by atoms with Crippen LogP contribution in [0.15, 0.2) is 24.3 Å². The Morgan fingerprint density at radius 3 is 2.45 bits per heavy atom. The number of ether oxygens (including phenoxy) is 1. The highest BCUT2D eigenvalue weighted by atomic mass is 16.5. The molecule has 20 heavy (non-hydrogen) atoms. The summed E-state index contributed by atoms with van der Waals surface area (Å²) in [5.41, 5.74) is 2.19. The van der Waals surface area contributed by atoms with Gasteiger partial charge in [-0.15, -0.1) is 0 Å². The van der Waals surface area contributed by atoms with Crippen LogP contribution in [0.1, 0.15) is 31.4 Å². The third-order valence-electron chi connectivity index (χ3n) is 4.11. The molecule has 0 saturated carbocycles. The molecule has 4 heteroatoms. The molecule has 1 aromatic rings. The molecule has 0 spiro atoms. The van der Waals surface area contributed by atoms with Crippen molar-refractivity contribution in [2.45, 2.75) is 38.9 Å². The van der Waals surface area contributed by atoms with E-state index in [1.165, 1.54) is 11.1 Å². The van der Waals surface area contributed by atoms with E-state index in [1.54, 1.807) is 0 Å². The number of carbonyl (C=O) groups is 1. The predicted octanol–water partition coefficient (Wildman–Crippen LogP) is 1.93. The van der Waals surface area contributed by atoms with Gasteiger partial charge in [0.15, 0.2) is 0 Å². The summed E-state index contributed by atoms with van der Waals surface area (Å²) in [6, 6.07) is 8.52. The van der Waals surface area contributed by atoms with Crippen molar-refractivity contribution in [3.63, 3.8) is 0 Å². The number of esters is 1. The average Bonchev–Trinajstić information content (AvgIpc) is 2.88. The summed E-state index contributed by atoms with van der Waals surface area (Å²) < 4.78 is 5.15. The molecule has 0 aromatic heterocycles. The molecule has 110 valence electrons. The largest absolute Gasteiger partial charge is 0.465 e. The fourth-order valence-electron chi connectivity index (χ4n) is 2.56. The minimum Gasteiger partial charge on any atom is -0.465 e. The van der Waals surface area contributed by atoms with Gasteiger partial charge in [0.1, 0.15) is 5.54 Å². The quantitative estimate of drug-likeness (QED) is 0.806. The highest BCUT2D eigenvalue weighted by molar-refractivity contribution is 5.80. The van der Waals surface area contributed by atoms with E-state index in [9.17, 15) is 4.79 Å². The van der Waals surface area contributed by atoms with Gasteiger partial charge in [0.05, 0.1) is 6.61 Å². The first-order valence-corrected chi connectivity index (χ1v) is 7.24. The van der Waals surface area contributed by atoms with Crippen molar-refractivity contribution in [2.24, 2.45) is 0 Å². The van der Waals surface area contributed by atoms with Gasteiger partial charge >= 0.3 is 5.97 Å². The Labute approximate surface area is 121 Å². The van der Waals surface area contributed by atoms with Crippen LogP contribution < -0.4 is 5.32 Å². The van der Waals surface area contributed by atoms with Crippen molar-refractivity contribution >= 4 is 5.97 Å². The van der Waals surface area contributed by atoms with Gasteiger partial charge in [-0.1, -0.05) is 24.3 Å². The summed E-state index contributed by atoms with van der Waals surface area (Å²) in [5.74, 6) is -0.167. The Balaban J connectivity index is 1.91. The van der Waals surface area contributed by atoms with E-state index in [0.717, 1.165) is 26.1 Å². The maximum absolute atomic E-state index is 12.0. The second kappa shape index (κ2) is 6.37. The van der Waals surface area contributed by atoms with Gasteiger partial charge in [-0.05, 0) is 38.4 Å². The van der Waals surface area contributed by atoms with Crippen LogP contribution in [0, 0.1) is 0 Å². The molecular weight excluding hydrogens is 252 g/mol. The van der Waals surface area contributed by atoms with Gasteiger partial charge in [0, 0.05) is 19.6 Å². The molecule has 0 bridgehead atoms. The summed E-state index contributed by atoms with van der Waals surface area (Å²) in [4.78, 5) is 14.4. The SMILES string of the molecule is CCOC(=O)C(C)(CCN1Cc2ccccc2C1)NC. The Kier molecular flexibility index (Phi) is 4.78. The van der Waals surface area contributed by atoms with Gasteiger partial charge in [0.2, 0.25) is 0 Å². The summed E-state index contributed by atoms with van der Waals surface area (Å²) in [5, 5.41) is 3.11. The van der Waals surface area contributed by atoms with Crippen LogP contribution in [-0.4, -0.2) is 36.6 Å². The zero-order valence-corrected chi connectivity index (χ0v) is 12.6. The van der Waals surface area contributed by atoms with Crippen molar-refractivity contribution in [1.82, 2.24) is 10.2 Å². The fraction of sp³-hybridized carbons (Fsp3) is 0.562. The lowest BCUT2D eigenvalue weighted by Gasteiger charge is -2.28. The second-order valence-corrected chi connectivity index (χ2v) is 5.53. The first-order valence-electron chi connectivity index (χ1n) is 7.24. The van der Waals surface area contributed by atoms with Crippen LogP contribution in [0.3, 0.4) is 0 Å². The zero-order valence-electron chi connectivity index (χ0n) is 12.6. The molecule has 1 N–H and O–H groups in total. The van der Waals surface area contributed by atoms with E-state index >= 15 is 0 Å². The summed E-state index contributed by atoms with van der Waals surface area (Å²) in [6.45, 7) is 6.99. The summed E-state index contributed by atoms with van der Waals surface area (Å²) >= 11 is 0. The van der Waals surface area contributed by atoms with E-state index in [-0.39, 0.29) is 5.97 Å². The first-order chi connectivity index (χ1) is 9.59. The van der Waals surface area contributed by atoms with Crippen molar-refractivity contribution in [2.75, 3.05) is 20.2 Å². The monoisotopic (exact) mass is 276 g/mol. The maximum Gasteiger partial charge on any atom is 0.326 e. The minimum atomic E-state index is -0.606. The summed E-state index contributed by atoms with van der Waals surface area (Å²) in [7, 11) is 1.82. The standard InChI is InChI=1S/C16H24N2O2/c1-4-20-15(19)16(2,17-3)9-10-18-11-13-7-5-6-8-14(13)12-18/h5-8,17H,4,9-12H2,1-3H3. The number of likely N-dealkylation sites (N-methyl/N-ethyl adjacent to an activating group) is 1. The highest BCUT2D eigenvalue weighted by Gasteiger charge is 2.33. The predicted molar refractivity (Wildman–Crippen MR) is 79.3 cm³/mol. The maximum atomic E-state index is 12.0. The van der Waals surface area contributed by atoms with E-state index in [2.05, 4.69) is 34.5 Å². The molecule has 1 aliphatic rings. The normalized spacial score (nSPS) is 17.6. The van der Waals surface area contributed by atoms with Crippen LogP contribution in [0.2, 0.25) is 0 Å². The van der Waals surface area contributed by atoms with Crippen LogP contribution >= 0.6 is 0 Å². The van der Waals surface area contributed by atoms with Crippen molar-refractivity contribution in [1.29, 1.82) is 0 Å². The molecule has 0 amide bonds. The molecule has 4 nitrogen and oxygen atoms in total. The van der Waals surface area contributed by atoms with Crippen LogP contribution in [-0.2, 0) is 22.6 Å². The van der Waals surface area contributed by atoms with Gasteiger partial charge < -0.3 is 10.1 Å².